The van der Waals surface area contributed by atoms with Gasteiger partial charge >= 0.3 is 11.8 Å². The Bertz CT molecular complexity index is 1440. The molecule has 212 valence electrons. The van der Waals surface area contributed by atoms with Gasteiger partial charge in [0, 0.05) is 5.54 Å². The first-order chi connectivity index (χ1) is 18.4. The van der Waals surface area contributed by atoms with Crippen LogP contribution in [-0.4, -0.2) is 74.4 Å². The number of sulfonamides is 1. The normalized spacial score (nSPS) is 16.5. The quantitative estimate of drug-likeness (QED) is 0.277. The molecule has 0 aliphatic heterocycles. The number of carboxylic acid groups (broad SMARTS) is 1. The molecule has 0 spiro atoms. The molecule has 1 aliphatic rings. The van der Waals surface area contributed by atoms with Gasteiger partial charge in [-0.15, -0.1) is 0 Å². The molecule has 4 rings (SSSR count). The number of aromatic amines is 2. The van der Waals surface area contributed by atoms with Crippen LogP contribution in [0, 0.1) is 0 Å². The van der Waals surface area contributed by atoms with E-state index in [-0.39, 0.29) is 17.4 Å². The molecule has 0 bridgehead atoms. The monoisotopic (exact) mass is 560 g/mol. The van der Waals surface area contributed by atoms with Crippen molar-refractivity contribution >= 4 is 27.1 Å². The third kappa shape index (κ3) is 6.70. The van der Waals surface area contributed by atoms with Gasteiger partial charge in [0.15, 0.2) is 0 Å². The number of benzene rings is 2. The molecule has 12 heteroatoms. The summed E-state index contributed by atoms with van der Waals surface area (Å²) < 4.78 is 28.5. The number of imidazole rings is 1. The molecule has 11 nitrogen and oxygen atoms in total. The Kier molecular flexibility index (Phi) is 8.50. The molecular weight excluding hydrogens is 524 g/mol. The molecule has 2 aromatic carbocycles. The highest BCUT2D eigenvalue weighted by Gasteiger charge is 2.40. The zero-order valence-corrected chi connectivity index (χ0v) is 23.1. The van der Waals surface area contributed by atoms with Crippen LogP contribution in [0.5, 0.6) is 0 Å². The van der Waals surface area contributed by atoms with Gasteiger partial charge < -0.3 is 20.2 Å². The van der Waals surface area contributed by atoms with Gasteiger partial charge in [0.2, 0.25) is 0 Å². The Hall–Kier alpha value is -3.19. The lowest BCUT2D eigenvalue weighted by Crippen LogP contribution is -2.58. The number of hydrogen-bond acceptors (Lipinski definition) is 6. The average Bonchev–Trinajstić information content (AvgIpc) is 3.50. The van der Waals surface area contributed by atoms with Gasteiger partial charge in [0.05, 0.1) is 40.7 Å². The minimum Gasteiger partial charge on any atom is -0.465 e. The van der Waals surface area contributed by atoms with Crippen LogP contribution in [0.1, 0.15) is 52.0 Å². The van der Waals surface area contributed by atoms with Crippen molar-refractivity contribution in [3.63, 3.8) is 0 Å². The number of nitrogens with one attached hydrogen (secondary N) is 2. The minimum absolute atomic E-state index is 0.124. The van der Waals surface area contributed by atoms with Crippen LogP contribution in [0.3, 0.4) is 0 Å². The van der Waals surface area contributed by atoms with E-state index in [0.717, 1.165) is 22.9 Å². The summed E-state index contributed by atoms with van der Waals surface area (Å²) in [6.07, 6.45) is 0.290. The molecule has 1 saturated carbocycles. The second-order valence-electron chi connectivity index (χ2n) is 10.9. The van der Waals surface area contributed by atoms with Crippen LogP contribution in [0.15, 0.2) is 58.2 Å². The molecule has 1 amide bonds. The molecule has 1 heterocycles. The zero-order chi connectivity index (χ0) is 28.4. The SMILES string of the molecule is CC(C)(C)N(C(=O)O)C(Cc1ccccc1)C(O)CN(OC1CCCC1)S(=O)(=O)c1ccc2[nH]c(=O)[nH]c2c1. The lowest BCUT2D eigenvalue weighted by atomic mass is 9.95. The lowest BCUT2D eigenvalue weighted by Gasteiger charge is -2.42. The number of amides is 1. The summed E-state index contributed by atoms with van der Waals surface area (Å²) in [7, 11) is -4.30. The van der Waals surface area contributed by atoms with Crippen LogP contribution >= 0.6 is 0 Å². The van der Waals surface area contributed by atoms with E-state index < -0.39 is 46.0 Å². The third-order valence-electron chi connectivity index (χ3n) is 6.95. The van der Waals surface area contributed by atoms with E-state index in [2.05, 4.69) is 9.97 Å². The fourth-order valence-electron chi connectivity index (χ4n) is 5.10. The first-order valence-electron chi connectivity index (χ1n) is 13.0. The van der Waals surface area contributed by atoms with Gasteiger partial charge in [-0.2, -0.15) is 0 Å². The van der Waals surface area contributed by atoms with Gasteiger partial charge in [-0.25, -0.2) is 18.0 Å². The van der Waals surface area contributed by atoms with Crippen LogP contribution in [0.2, 0.25) is 0 Å². The number of aliphatic hydroxyl groups excluding tert-OH is 1. The van der Waals surface area contributed by atoms with E-state index in [9.17, 15) is 28.2 Å². The molecule has 1 aliphatic carbocycles. The molecule has 2 atom stereocenters. The molecule has 2 unspecified atom stereocenters. The van der Waals surface area contributed by atoms with Crippen LogP contribution in [0.4, 0.5) is 4.79 Å². The van der Waals surface area contributed by atoms with Gasteiger partial charge in [0.1, 0.15) is 0 Å². The number of carbonyl (C=O) groups is 1. The first kappa shape index (κ1) is 28.8. The maximum absolute atomic E-state index is 13.8. The molecule has 1 aromatic heterocycles. The largest absolute Gasteiger partial charge is 0.465 e. The fourth-order valence-corrected chi connectivity index (χ4v) is 6.43. The van der Waals surface area contributed by atoms with Gasteiger partial charge in [-0.1, -0.05) is 47.6 Å². The highest BCUT2D eigenvalue weighted by molar-refractivity contribution is 7.89. The highest BCUT2D eigenvalue weighted by atomic mass is 32.2. The molecule has 0 radical (unpaired) electrons. The van der Waals surface area contributed by atoms with E-state index in [1.54, 1.807) is 20.8 Å². The molecule has 0 saturated heterocycles. The summed E-state index contributed by atoms with van der Waals surface area (Å²) in [5.74, 6) is 0. The average molecular weight is 561 g/mol. The number of aliphatic hydroxyl groups is 1. The van der Waals surface area contributed by atoms with Crippen LogP contribution in [-0.2, 0) is 21.3 Å². The van der Waals surface area contributed by atoms with Gasteiger partial charge in [-0.05, 0) is 63.8 Å². The summed E-state index contributed by atoms with van der Waals surface area (Å²) >= 11 is 0. The van der Waals surface area contributed by atoms with Crippen molar-refractivity contribution in [3.05, 3.63) is 64.6 Å². The number of fused-ring (bicyclic) bond motifs is 1. The van der Waals surface area contributed by atoms with E-state index in [0.29, 0.717) is 23.9 Å². The molecule has 39 heavy (non-hydrogen) atoms. The van der Waals surface area contributed by atoms with Crippen molar-refractivity contribution in [1.82, 2.24) is 19.3 Å². The Morgan fingerprint density at radius 1 is 1.08 bits per heavy atom. The van der Waals surface area contributed by atoms with E-state index >= 15 is 0 Å². The lowest BCUT2D eigenvalue weighted by molar-refractivity contribution is -0.149. The Morgan fingerprint density at radius 3 is 2.33 bits per heavy atom. The number of rotatable bonds is 10. The summed E-state index contributed by atoms with van der Waals surface area (Å²) in [5.41, 5.74) is 0.216. The second-order valence-corrected chi connectivity index (χ2v) is 12.8. The Balaban J connectivity index is 1.71. The van der Waals surface area contributed by atoms with Crippen molar-refractivity contribution in [3.8, 4) is 0 Å². The number of aromatic nitrogens is 2. The third-order valence-corrected chi connectivity index (χ3v) is 8.57. The van der Waals surface area contributed by atoms with E-state index in [4.69, 9.17) is 4.84 Å². The number of nitrogens with zero attached hydrogens (tertiary/aromatic N) is 2. The maximum Gasteiger partial charge on any atom is 0.408 e. The summed E-state index contributed by atoms with van der Waals surface area (Å²) in [6.45, 7) is 4.69. The summed E-state index contributed by atoms with van der Waals surface area (Å²) in [6, 6.07) is 12.3. The van der Waals surface area contributed by atoms with Crippen molar-refractivity contribution in [1.29, 1.82) is 0 Å². The fraction of sp³-hybridized carbons (Fsp3) is 0.481. The molecular formula is C27H36N4O7S. The van der Waals surface area contributed by atoms with E-state index in [1.165, 1.54) is 23.1 Å². The number of hydroxylamine groups is 1. The first-order valence-corrected chi connectivity index (χ1v) is 14.5. The summed E-state index contributed by atoms with van der Waals surface area (Å²) in [5, 5.41) is 21.7. The van der Waals surface area contributed by atoms with Gasteiger partial charge in [0.25, 0.3) is 10.0 Å². The molecule has 1 fully saturated rings. The summed E-state index contributed by atoms with van der Waals surface area (Å²) in [4.78, 5) is 36.3. The van der Waals surface area contributed by atoms with Crippen molar-refractivity contribution in [2.24, 2.45) is 0 Å². The van der Waals surface area contributed by atoms with Crippen molar-refractivity contribution in [2.45, 2.75) is 81.6 Å². The number of hydrogen-bond donors (Lipinski definition) is 4. The predicted octanol–water partition coefficient (Wildman–Crippen LogP) is 3.47. The Morgan fingerprint density at radius 2 is 1.72 bits per heavy atom. The van der Waals surface area contributed by atoms with E-state index in [1.807, 2.05) is 30.3 Å². The van der Waals surface area contributed by atoms with Gasteiger partial charge in [-0.3, -0.25) is 9.74 Å². The standard InChI is InChI=1S/C27H36N4O7S/c1-27(2,3)31(26(34)35)23(15-18-9-5-4-6-10-18)24(32)17-30(38-19-11-7-8-12-19)39(36,37)20-13-14-21-22(16-20)29-25(33)28-21/h4-6,9-10,13-14,16,19,23-24,32H,7-8,11-12,15,17H2,1-3H3,(H,34,35)(H2,28,29,33). The minimum atomic E-state index is -4.30. The molecule has 3 aromatic rings. The highest BCUT2D eigenvalue weighted by Crippen LogP contribution is 2.29. The Labute approximate surface area is 227 Å². The second kappa shape index (κ2) is 11.5. The topological polar surface area (TPSA) is 156 Å². The zero-order valence-electron chi connectivity index (χ0n) is 22.3. The smallest absolute Gasteiger partial charge is 0.408 e. The van der Waals surface area contributed by atoms with Crippen LogP contribution < -0.4 is 5.69 Å². The van der Waals surface area contributed by atoms with Crippen molar-refractivity contribution < 1.29 is 28.3 Å². The molecule has 4 N–H and O–H groups in total. The van der Waals surface area contributed by atoms with Crippen LogP contribution in [0.25, 0.3) is 11.0 Å². The van der Waals surface area contributed by atoms with Crippen molar-refractivity contribution in [2.75, 3.05) is 6.54 Å². The number of H-pyrrole nitrogens is 2. The predicted molar refractivity (Wildman–Crippen MR) is 146 cm³/mol. The maximum atomic E-state index is 13.8.